The van der Waals surface area contributed by atoms with Crippen molar-refractivity contribution in [2.45, 2.75) is 19.5 Å². The second-order valence-corrected chi connectivity index (χ2v) is 4.31. The summed E-state index contributed by atoms with van der Waals surface area (Å²) in [6.45, 7) is 5.61. The van der Waals surface area contributed by atoms with E-state index in [1.54, 1.807) is 11.7 Å². The van der Waals surface area contributed by atoms with E-state index in [4.69, 9.17) is 5.11 Å². The number of carboxylic acid groups (broad SMARTS) is 1. The molecule has 6 nitrogen and oxygen atoms in total. The maximum atomic E-state index is 11.1. The summed E-state index contributed by atoms with van der Waals surface area (Å²) in [5.74, 6) is -0.907. The molecule has 94 valence electrons. The van der Waals surface area contributed by atoms with E-state index in [0.29, 0.717) is 18.2 Å². The molecule has 1 fully saturated rings. The molecule has 1 aromatic heterocycles. The first kappa shape index (κ1) is 12.1. The van der Waals surface area contributed by atoms with Crippen molar-refractivity contribution in [1.82, 2.24) is 20.0 Å². The van der Waals surface area contributed by atoms with Crippen molar-refractivity contribution in [3.05, 3.63) is 17.5 Å². The molecule has 0 aliphatic carbocycles. The Kier molecular flexibility index (Phi) is 3.44. The second-order valence-electron chi connectivity index (χ2n) is 4.31. The van der Waals surface area contributed by atoms with Gasteiger partial charge in [0, 0.05) is 32.7 Å². The molecular weight excluding hydrogens is 220 g/mol. The van der Waals surface area contributed by atoms with Crippen LogP contribution in [0.5, 0.6) is 0 Å². The van der Waals surface area contributed by atoms with Gasteiger partial charge in [0.2, 0.25) is 0 Å². The molecule has 17 heavy (non-hydrogen) atoms. The molecule has 0 saturated carbocycles. The topological polar surface area (TPSA) is 70.4 Å². The molecule has 2 rings (SSSR count). The molecule has 6 heteroatoms. The lowest BCUT2D eigenvalue weighted by atomic mass is 10.1. The quantitative estimate of drug-likeness (QED) is 0.750. The van der Waals surface area contributed by atoms with Crippen LogP contribution in [0, 0.1) is 0 Å². The Bertz CT molecular complexity index is 412. The van der Waals surface area contributed by atoms with Gasteiger partial charge in [0.15, 0.2) is 0 Å². The molecule has 0 amide bonds. The van der Waals surface area contributed by atoms with E-state index in [1.165, 1.54) is 6.20 Å². The highest BCUT2D eigenvalue weighted by Crippen LogP contribution is 2.14. The summed E-state index contributed by atoms with van der Waals surface area (Å²) < 4.78 is 1.65. The summed E-state index contributed by atoms with van der Waals surface area (Å²) in [5, 5.41) is 16.3. The molecule has 1 saturated heterocycles. The number of aromatic carboxylic acids is 1. The van der Waals surface area contributed by atoms with Gasteiger partial charge in [-0.2, -0.15) is 5.10 Å². The zero-order chi connectivity index (χ0) is 12.4. The van der Waals surface area contributed by atoms with Crippen molar-refractivity contribution in [2.75, 3.05) is 19.6 Å². The lowest BCUT2D eigenvalue weighted by molar-refractivity contribution is 0.0692. The Labute approximate surface area is 100 Å². The van der Waals surface area contributed by atoms with E-state index < -0.39 is 5.97 Å². The van der Waals surface area contributed by atoms with Gasteiger partial charge in [0.1, 0.15) is 5.56 Å². The van der Waals surface area contributed by atoms with Gasteiger partial charge in [-0.1, -0.05) is 6.92 Å². The van der Waals surface area contributed by atoms with E-state index in [1.807, 2.05) is 0 Å². The zero-order valence-electron chi connectivity index (χ0n) is 10.2. The SMILES string of the molecule is CCN(Cc1c(C(=O)O)cnn1C)C1CNC1. The first-order chi connectivity index (χ1) is 8.13. The van der Waals surface area contributed by atoms with Gasteiger partial charge in [-0.3, -0.25) is 9.58 Å². The summed E-state index contributed by atoms with van der Waals surface area (Å²) in [6.07, 6.45) is 1.42. The van der Waals surface area contributed by atoms with Crippen LogP contribution in [-0.2, 0) is 13.6 Å². The van der Waals surface area contributed by atoms with Crippen LogP contribution in [0.3, 0.4) is 0 Å². The number of carbonyl (C=O) groups is 1. The van der Waals surface area contributed by atoms with Crippen LogP contribution >= 0.6 is 0 Å². The maximum absolute atomic E-state index is 11.1. The van der Waals surface area contributed by atoms with Gasteiger partial charge in [0.25, 0.3) is 0 Å². The summed E-state index contributed by atoms with van der Waals surface area (Å²) in [6, 6.07) is 0.511. The van der Waals surface area contributed by atoms with Crippen molar-refractivity contribution < 1.29 is 9.90 Å². The largest absolute Gasteiger partial charge is 0.478 e. The highest BCUT2D eigenvalue weighted by molar-refractivity contribution is 5.88. The summed E-state index contributed by atoms with van der Waals surface area (Å²) >= 11 is 0. The van der Waals surface area contributed by atoms with Crippen molar-refractivity contribution in [2.24, 2.45) is 7.05 Å². The molecule has 2 heterocycles. The molecule has 1 aromatic rings. The molecule has 1 aliphatic heterocycles. The Morgan fingerprint density at radius 3 is 2.88 bits per heavy atom. The monoisotopic (exact) mass is 238 g/mol. The minimum atomic E-state index is -0.907. The molecule has 0 atom stereocenters. The third kappa shape index (κ3) is 2.32. The molecule has 2 N–H and O–H groups in total. The van der Waals surface area contributed by atoms with Crippen LogP contribution in [0.4, 0.5) is 0 Å². The Balaban J connectivity index is 2.15. The van der Waals surface area contributed by atoms with Crippen LogP contribution in [0.15, 0.2) is 6.20 Å². The van der Waals surface area contributed by atoms with Gasteiger partial charge < -0.3 is 10.4 Å². The van der Waals surface area contributed by atoms with E-state index >= 15 is 0 Å². The number of aryl methyl sites for hydroxylation is 1. The molecule has 0 aromatic carbocycles. The van der Waals surface area contributed by atoms with E-state index in [0.717, 1.165) is 25.3 Å². The van der Waals surface area contributed by atoms with Gasteiger partial charge in [0.05, 0.1) is 11.9 Å². The molecule has 0 bridgehead atoms. The maximum Gasteiger partial charge on any atom is 0.339 e. The van der Waals surface area contributed by atoms with E-state index in [2.05, 4.69) is 22.2 Å². The highest BCUT2D eigenvalue weighted by atomic mass is 16.4. The third-order valence-corrected chi connectivity index (χ3v) is 3.33. The van der Waals surface area contributed by atoms with Crippen molar-refractivity contribution in [3.63, 3.8) is 0 Å². The number of nitrogens with one attached hydrogen (secondary N) is 1. The number of aromatic nitrogens is 2. The second kappa shape index (κ2) is 4.85. The number of hydrogen-bond acceptors (Lipinski definition) is 4. The normalized spacial score (nSPS) is 16.2. The van der Waals surface area contributed by atoms with Crippen LogP contribution in [-0.4, -0.2) is 51.4 Å². The summed E-state index contributed by atoms with van der Waals surface area (Å²) in [5.41, 5.74) is 1.07. The van der Waals surface area contributed by atoms with Crippen molar-refractivity contribution >= 4 is 5.97 Å². The van der Waals surface area contributed by atoms with E-state index in [-0.39, 0.29) is 0 Å². The Hall–Kier alpha value is -1.40. The minimum absolute atomic E-state index is 0.304. The molecular formula is C11H18N4O2. The van der Waals surface area contributed by atoms with Gasteiger partial charge in [-0.05, 0) is 6.54 Å². The van der Waals surface area contributed by atoms with Gasteiger partial charge in [-0.25, -0.2) is 4.79 Å². The van der Waals surface area contributed by atoms with Crippen LogP contribution in [0.25, 0.3) is 0 Å². The average molecular weight is 238 g/mol. The number of nitrogens with zero attached hydrogens (tertiary/aromatic N) is 3. The lowest BCUT2D eigenvalue weighted by Gasteiger charge is -2.37. The third-order valence-electron chi connectivity index (χ3n) is 3.33. The van der Waals surface area contributed by atoms with Crippen LogP contribution in [0.2, 0.25) is 0 Å². The first-order valence-electron chi connectivity index (χ1n) is 5.82. The van der Waals surface area contributed by atoms with Crippen molar-refractivity contribution in [3.8, 4) is 0 Å². The molecule has 0 spiro atoms. The standard InChI is InChI=1S/C11H18N4O2/c1-3-15(8-4-12-5-8)7-10-9(11(16)17)6-13-14(10)2/h6,8,12H,3-5,7H2,1-2H3,(H,16,17). The highest BCUT2D eigenvalue weighted by Gasteiger charge is 2.26. The minimum Gasteiger partial charge on any atom is -0.478 e. The summed E-state index contributed by atoms with van der Waals surface area (Å²) in [7, 11) is 1.79. The lowest BCUT2D eigenvalue weighted by Crippen LogP contribution is -2.56. The molecule has 0 unspecified atom stereocenters. The molecule has 1 aliphatic rings. The van der Waals surface area contributed by atoms with Gasteiger partial charge >= 0.3 is 5.97 Å². The zero-order valence-corrected chi connectivity index (χ0v) is 10.2. The number of carboxylic acids is 1. The number of rotatable bonds is 5. The predicted octanol–water partition coefficient (Wildman–Crippen LogP) is -0.0880. The van der Waals surface area contributed by atoms with Crippen LogP contribution < -0.4 is 5.32 Å². The van der Waals surface area contributed by atoms with E-state index in [9.17, 15) is 4.79 Å². The van der Waals surface area contributed by atoms with Gasteiger partial charge in [-0.15, -0.1) is 0 Å². The molecule has 0 radical (unpaired) electrons. The number of likely N-dealkylation sites (N-methyl/N-ethyl adjacent to an activating group) is 1. The number of hydrogen-bond donors (Lipinski definition) is 2. The van der Waals surface area contributed by atoms with Crippen molar-refractivity contribution in [1.29, 1.82) is 0 Å². The Morgan fingerprint density at radius 1 is 1.71 bits per heavy atom. The predicted molar refractivity (Wildman–Crippen MR) is 62.9 cm³/mol. The van der Waals surface area contributed by atoms with Crippen LogP contribution in [0.1, 0.15) is 23.0 Å². The fourth-order valence-corrected chi connectivity index (χ4v) is 2.05. The first-order valence-corrected chi connectivity index (χ1v) is 5.82. The fourth-order valence-electron chi connectivity index (χ4n) is 2.05. The smallest absolute Gasteiger partial charge is 0.339 e. The average Bonchev–Trinajstić information content (AvgIpc) is 2.57. The fraction of sp³-hybridized carbons (Fsp3) is 0.636. The Morgan fingerprint density at radius 2 is 2.41 bits per heavy atom. The summed E-state index contributed by atoms with van der Waals surface area (Å²) in [4.78, 5) is 13.4.